The second-order valence-corrected chi connectivity index (χ2v) is 4.09. The van der Waals surface area contributed by atoms with Gasteiger partial charge in [0.25, 0.3) is 0 Å². The smallest absolute Gasteiger partial charge is 0.177 e. The Kier molecular flexibility index (Phi) is 3.46. The molecule has 0 unspecified atom stereocenters. The number of hydrogen-bond donors (Lipinski definition) is 0. The fourth-order valence-corrected chi connectivity index (χ4v) is 1.89. The highest BCUT2D eigenvalue weighted by Crippen LogP contribution is 2.15. The Morgan fingerprint density at radius 1 is 1.20 bits per heavy atom. The van der Waals surface area contributed by atoms with E-state index in [2.05, 4.69) is 4.98 Å². The number of benzene rings is 1. The van der Waals surface area contributed by atoms with Crippen molar-refractivity contribution < 1.29 is 4.39 Å². The number of aryl methyl sites for hydroxylation is 1. The highest BCUT2D eigenvalue weighted by atomic mass is 19.1. The molecule has 0 bridgehead atoms. The van der Waals surface area contributed by atoms with E-state index in [4.69, 9.17) is 15.8 Å². The Morgan fingerprint density at radius 3 is 2.55 bits per heavy atom. The van der Waals surface area contributed by atoms with Gasteiger partial charge in [-0.25, -0.2) is 9.37 Å². The summed E-state index contributed by atoms with van der Waals surface area (Å²) in [5.41, 5.74) is 0.823. The standard InChI is InChI=1S/C14H8FN5/c1-9-19-13(6-17)14(7-18)20(9)8-10-2-3-12(15)11(4-10)5-16/h2-4H,8H2,1H3. The van der Waals surface area contributed by atoms with Crippen molar-refractivity contribution in [3.8, 4) is 18.2 Å². The minimum atomic E-state index is -0.586. The third-order valence-electron chi connectivity index (χ3n) is 2.86. The third-order valence-corrected chi connectivity index (χ3v) is 2.86. The SMILES string of the molecule is Cc1nc(C#N)c(C#N)n1Cc1ccc(F)c(C#N)c1. The van der Waals surface area contributed by atoms with Crippen LogP contribution in [0.4, 0.5) is 4.39 Å². The Balaban J connectivity index is 2.47. The molecule has 20 heavy (non-hydrogen) atoms. The van der Waals surface area contributed by atoms with E-state index in [1.807, 2.05) is 12.1 Å². The van der Waals surface area contributed by atoms with Crippen LogP contribution in [0.2, 0.25) is 0 Å². The van der Waals surface area contributed by atoms with Crippen molar-refractivity contribution in [1.29, 1.82) is 15.8 Å². The van der Waals surface area contributed by atoms with Gasteiger partial charge in [0, 0.05) is 0 Å². The molecule has 0 atom stereocenters. The summed E-state index contributed by atoms with van der Waals surface area (Å²) in [4.78, 5) is 4.00. The lowest BCUT2D eigenvalue weighted by Gasteiger charge is -2.07. The van der Waals surface area contributed by atoms with Gasteiger partial charge >= 0.3 is 0 Å². The predicted octanol–water partition coefficient (Wildman–Crippen LogP) is 1.99. The van der Waals surface area contributed by atoms with Crippen LogP contribution in [0.25, 0.3) is 0 Å². The van der Waals surface area contributed by atoms with E-state index in [0.29, 0.717) is 11.4 Å². The van der Waals surface area contributed by atoms with Crippen molar-refractivity contribution in [2.45, 2.75) is 13.5 Å². The van der Waals surface area contributed by atoms with Gasteiger partial charge in [-0.2, -0.15) is 15.8 Å². The van der Waals surface area contributed by atoms with Crippen molar-refractivity contribution in [3.05, 3.63) is 52.4 Å². The van der Waals surface area contributed by atoms with E-state index in [9.17, 15) is 4.39 Å². The van der Waals surface area contributed by atoms with Crippen LogP contribution >= 0.6 is 0 Å². The van der Waals surface area contributed by atoms with Crippen molar-refractivity contribution in [3.63, 3.8) is 0 Å². The van der Waals surface area contributed by atoms with Crippen LogP contribution < -0.4 is 0 Å². The fraction of sp³-hybridized carbons (Fsp3) is 0.143. The van der Waals surface area contributed by atoms with Gasteiger partial charge in [-0.15, -0.1) is 0 Å². The molecule has 0 aliphatic heterocycles. The first-order valence-corrected chi connectivity index (χ1v) is 5.66. The topological polar surface area (TPSA) is 89.2 Å². The van der Waals surface area contributed by atoms with Crippen molar-refractivity contribution in [1.82, 2.24) is 9.55 Å². The lowest BCUT2D eigenvalue weighted by Crippen LogP contribution is -2.05. The van der Waals surface area contributed by atoms with E-state index >= 15 is 0 Å². The first-order chi connectivity index (χ1) is 9.60. The third kappa shape index (κ3) is 2.21. The van der Waals surface area contributed by atoms with Crippen molar-refractivity contribution >= 4 is 0 Å². The van der Waals surface area contributed by atoms with Gasteiger partial charge in [0.05, 0.1) is 12.1 Å². The fourth-order valence-electron chi connectivity index (χ4n) is 1.89. The first-order valence-electron chi connectivity index (χ1n) is 5.66. The number of nitriles is 3. The molecule has 0 saturated heterocycles. The van der Waals surface area contributed by atoms with Crippen LogP contribution in [0.3, 0.4) is 0 Å². The van der Waals surface area contributed by atoms with E-state index in [1.165, 1.54) is 18.2 Å². The minimum Gasteiger partial charge on any atom is -0.314 e. The average molecular weight is 265 g/mol. The molecule has 0 fully saturated rings. The molecule has 2 aromatic rings. The maximum atomic E-state index is 13.3. The number of halogens is 1. The second-order valence-electron chi connectivity index (χ2n) is 4.09. The summed E-state index contributed by atoms with van der Waals surface area (Å²) >= 11 is 0. The summed E-state index contributed by atoms with van der Waals surface area (Å²) in [5.74, 6) is -0.0715. The lowest BCUT2D eigenvalue weighted by molar-refractivity contribution is 0.622. The number of aromatic nitrogens is 2. The van der Waals surface area contributed by atoms with Gasteiger partial charge in [0.15, 0.2) is 11.4 Å². The molecule has 96 valence electrons. The van der Waals surface area contributed by atoms with Crippen LogP contribution in [0.1, 0.15) is 28.3 Å². The monoisotopic (exact) mass is 265 g/mol. The molecule has 1 heterocycles. The summed E-state index contributed by atoms with van der Waals surface area (Å²) in [7, 11) is 0. The molecule has 0 spiro atoms. The van der Waals surface area contributed by atoms with Gasteiger partial charge < -0.3 is 4.57 Å². The molecule has 0 amide bonds. The molecular weight excluding hydrogens is 257 g/mol. The molecule has 1 aromatic carbocycles. The molecule has 0 aliphatic rings. The normalized spacial score (nSPS) is 9.55. The quantitative estimate of drug-likeness (QED) is 0.830. The maximum Gasteiger partial charge on any atom is 0.177 e. The second kappa shape index (κ2) is 5.22. The Hall–Kier alpha value is -3.17. The molecule has 1 aromatic heterocycles. The lowest BCUT2D eigenvalue weighted by atomic mass is 10.1. The summed E-state index contributed by atoms with van der Waals surface area (Å²) in [5, 5.41) is 26.8. The molecule has 5 nitrogen and oxygen atoms in total. The Bertz CT molecular complexity index is 799. The van der Waals surface area contributed by atoms with Gasteiger partial charge in [-0.05, 0) is 24.6 Å². The zero-order valence-electron chi connectivity index (χ0n) is 10.6. The van der Waals surface area contributed by atoms with Crippen LogP contribution in [0.5, 0.6) is 0 Å². The van der Waals surface area contributed by atoms with Crippen LogP contribution in [-0.2, 0) is 6.54 Å². The van der Waals surface area contributed by atoms with E-state index in [1.54, 1.807) is 17.6 Å². The predicted molar refractivity (Wildman–Crippen MR) is 66.6 cm³/mol. The zero-order valence-corrected chi connectivity index (χ0v) is 10.6. The summed E-state index contributed by atoms with van der Waals surface area (Å²) in [6, 6.07) is 9.71. The average Bonchev–Trinajstić information content (AvgIpc) is 2.76. The van der Waals surface area contributed by atoms with E-state index < -0.39 is 5.82 Å². The van der Waals surface area contributed by atoms with Gasteiger partial charge in [-0.1, -0.05) is 6.07 Å². The number of imidazole rings is 1. The summed E-state index contributed by atoms with van der Waals surface area (Å²) in [6.45, 7) is 1.93. The van der Waals surface area contributed by atoms with Gasteiger partial charge in [0.1, 0.15) is 29.8 Å². The Labute approximate surface area is 114 Å². The molecular formula is C14H8FN5. The maximum absolute atomic E-state index is 13.3. The molecule has 0 saturated carbocycles. The molecule has 0 N–H and O–H groups in total. The molecule has 0 aliphatic carbocycles. The largest absolute Gasteiger partial charge is 0.314 e. The Morgan fingerprint density at radius 2 is 1.95 bits per heavy atom. The van der Waals surface area contributed by atoms with Crippen molar-refractivity contribution in [2.24, 2.45) is 0 Å². The highest BCUT2D eigenvalue weighted by molar-refractivity contribution is 5.39. The van der Waals surface area contributed by atoms with Crippen LogP contribution in [0, 0.1) is 46.7 Å². The molecule has 2 rings (SSSR count). The van der Waals surface area contributed by atoms with Gasteiger partial charge in [0.2, 0.25) is 0 Å². The number of rotatable bonds is 2. The first kappa shape index (κ1) is 13.3. The number of nitrogens with zero attached hydrogens (tertiary/aromatic N) is 5. The van der Waals surface area contributed by atoms with E-state index in [-0.39, 0.29) is 23.5 Å². The zero-order chi connectivity index (χ0) is 14.7. The summed E-state index contributed by atoms with van der Waals surface area (Å²) < 4.78 is 14.8. The molecule has 6 heteroatoms. The molecule has 0 radical (unpaired) electrons. The van der Waals surface area contributed by atoms with Crippen LogP contribution in [-0.4, -0.2) is 9.55 Å². The minimum absolute atomic E-state index is 0.0562. The van der Waals surface area contributed by atoms with E-state index in [0.717, 1.165) is 0 Å². The highest BCUT2D eigenvalue weighted by Gasteiger charge is 2.14. The number of hydrogen-bond acceptors (Lipinski definition) is 4. The summed E-state index contributed by atoms with van der Waals surface area (Å²) in [6.07, 6.45) is 0. The van der Waals surface area contributed by atoms with Crippen molar-refractivity contribution in [2.75, 3.05) is 0 Å². The van der Waals surface area contributed by atoms with Crippen LogP contribution in [0.15, 0.2) is 18.2 Å². The van der Waals surface area contributed by atoms with Gasteiger partial charge in [-0.3, -0.25) is 0 Å².